The first-order valence-corrected chi connectivity index (χ1v) is 9.76. The van der Waals surface area contributed by atoms with E-state index in [-0.39, 0.29) is 6.04 Å². The molecular weight excluding hydrogens is 336 g/mol. The number of fused-ring (bicyclic) bond motifs is 1. The molecule has 2 aromatic heterocycles. The van der Waals surface area contributed by atoms with Crippen LogP contribution in [-0.4, -0.2) is 19.9 Å². The zero-order chi connectivity index (χ0) is 18.4. The Labute approximate surface area is 158 Å². The summed E-state index contributed by atoms with van der Waals surface area (Å²) < 4.78 is 1.78. The third-order valence-corrected chi connectivity index (χ3v) is 6.08. The summed E-state index contributed by atoms with van der Waals surface area (Å²) in [5, 5.41) is 15.9. The van der Waals surface area contributed by atoms with E-state index in [1.165, 1.54) is 11.1 Å². The molecule has 3 N–H and O–H groups in total. The van der Waals surface area contributed by atoms with Crippen LogP contribution in [0, 0.1) is 0 Å². The molecule has 1 saturated carbocycles. The Hall–Kier alpha value is -2.50. The molecule has 2 aliphatic rings. The number of rotatable bonds is 3. The number of pyridine rings is 1. The van der Waals surface area contributed by atoms with Gasteiger partial charge in [0.05, 0.1) is 0 Å². The van der Waals surface area contributed by atoms with E-state index in [4.69, 9.17) is 10.8 Å². The number of aliphatic hydroxyl groups is 1. The standard InChI is InChI=1S/C22H24N4O/c23-20-6-4-16-13-17(3-5-18(16)20)19-14-26(22(27)9-1-2-10-22)25-21(19)15-7-11-24-12-8-15/h3,5,7-8,11-14,20,27H,1-2,4,6,9-10,23H2. The number of hydrogen-bond donors (Lipinski definition) is 2. The summed E-state index contributed by atoms with van der Waals surface area (Å²) in [6.07, 6.45) is 11.2. The number of nitrogens with zero attached hydrogens (tertiary/aromatic N) is 3. The summed E-state index contributed by atoms with van der Waals surface area (Å²) in [6.45, 7) is 0. The maximum Gasteiger partial charge on any atom is 0.157 e. The number of aromatic nitrogens is 3. The van der Waals surface area contributed by atoms with E-state index in [1.807, 2.05) is 18.3 Å². The van der Waals surface area contributed by atoms with Crippen LogP contribution in [0.3, 0.4) is 0 Å². The second kappa shape index (κ2) is 6.29. The predicted molar refractivity (Wildman–Crippen MR) is 105 cm³/mol. The van der Waals surface area contributed by atoms with Gasteiger partial charge in [-0.15, -0.1) is 0 Å². The zero-order valence-corrected chi connectivity index (χ0v) is 15.3. The van der Waals surface area contributed by atoms with E-state index >= 15 is 0 Å². The van der Waals surface area contributed by atoms with Gasteiger partial charge in [-0.05, 0) is 67.3 Å². The minimum absolute atomic E-state index is 0.149. The fourth-order valence-corrected chi connectivity index (χ4v) is 4.51. The van der Waals surface area contributed by atoms with E-state index in [2.05, 4.69) is 23.2 Å². The fourth-order valence-electron chi connectivity index (χ4n) is 4.51. The zero-order valence-electron chi connectivity index (χ0n) is 15.3. The smallest absolute Gasteiger partial charge is 0.157 e. The van der Waals surface area contributed by atoms with Crippen LogP contribution in [0.15, 0.2) is 48.9 Å². The second-order valence-corrected chi connectivity index (χ2v) is 7.82. The highest BCUT2D eigenvalue weighted by Gasteiger charge is 2.35. The third kappa shape index (κ3) is 2.78. The molecule has 0 amide bonds. The Morgan fingerprint density at radius 2 is 1.85 bits per heavy atom. The lowest BCUT2D eigenvalue weighted by Gasteiger charge is -2.22. The van der Waals surface area contributed by atoms with Gasteiger partial charge in [0.15, 0.2) is 5.72 Å². The first kappa shape index (κ1) is 16.7. The van der Waals surface area contributed by atoms with Crippen molar-refractivity contribution in [2.45, 2.75) is 50.3 Å². The van der Waals surface area contributed by atoms with Crippen molar-refractivity contribution in [3.05, 3.63) is 60.0 Å². The maximum atomic E-state index is 11.1. The minimum atomic E-state index is -0.876. The molecule has 3 aromatic rings. The molecule has 0 spiro atoms. The van der Waals surface area contributed by atoms with E-state index in [1.54, 1.807) is 17.1 Å². The molecular formula is C22H24N4O. The lowest BCUT2D eigenvalue weighted by Crippen LogP contribution is -2.30. The van der Waals surface area contributed by atoms with Crippen LogP contribution >= 0.6 is 0 Å². The van der Waals surface area contributed by atoms with Gasteiger partial charge < -0.3 is 10.8 Å². The summed E-state index contributed by atoms with van der Waals surface area (Å²) in [5.74, 6) is 0. The van der Waals surface area contributed by atoms with Gasteiger partial charge in [-0.25, -0.2) is 4.68 Å². The molecule has 1 fully saturated rings. The SMILES string of the molecule is NC1CCc2cc(-c3cn(C4(O)CCCC4)nc3-c3ccncc3)ccc21. The Bertz CT molecular complexity index is 973. The van der Waals surface area contributed by atoms with E-state index in [9.17, 15) is 5.11 Å². The van der Waals surface area contributed by atoms with Crippen molar-refractivity contribution in [2.75, 3.05) is 0 Å². The normalized spacial score (nSPS) is 20.7. The molecule has 0 aliphatic heterocycles. The van der Waals surface area contributed by atoms with Crippen LogP contribution in [0.4, 0.5) is 0 Å². The number of aryl methyl sites for hydroxylation is 1. The maximum absolute atomic E-state index is 11.1. The Balaban J connectivity index is 1.65. The lowest BCUT2D eigenvalue weighted by atomic mass is 9.98. The largest absolute Gasteiger partial charge is 0.369 e. The van der Waals surface area contributed by atoms with E-state index in [0.29, 0.717) is 0 Å². The molecule has 2 heterocycles. The number of benzene rings is 1. The van der Waals surface area contributed by atoms with E-state index in [0.717, 1.165) is 60.9 Å². The topological polar surface area (TPSA) is 77.0 Å². The molecule has 2 aliphatic carbocycles. The fraction of sp³-hybridized carbons (Fsp3) is 0.364. The molecule has 0 saturated heterocycles. The monoisotopic (exact) mass is 360 g/mol. The van der Waals surface area contributed by atoms with E-state index < -0.39 is 5.72 Å². The van der Waals surface area contributed by atoms with Gasteiger partial charge in [-0.1, -0.05) is 18.2 Å². The van der Waals surface area contributed by atoms with Gasteiger partial charge in [-0.2, -0.15) is 5.10 Å². The van der Waals surface area contributed by atoms with Gasteiger partial charge in [0.1, 0.15) is 5.69 Å². The van der Waals surface area contributed by atoms with Gasteiger partial charge in [-0.3, -0.25) is 4.98 Å². The van der Waals surface area contributed by atoms with Crippen molar-refractivity contribution >= 4 is 0 Å². The number of hydrogen-bond acceptors (Lipinski definition) is 4. The summed E-state index contributed by atoms with van der Waals surface area (Å²) in [6, 6.07) is 10.6. The molecule has 138 valence electrons. The average Bonchev–Trinajstić information content (AvgIpc) is 3.42. The van der Waals surface area contributed by atoms with Crippen molar-refractivity contribution in [2.24, 2.45) is 5.73 Å². The summed E-state index contributed by atoms with van der Waals surface area (Å²) in [5.41, 5.74) is 12.0. The quantitative estimate of drug-likeness (QED) is 0.745. The van der Waals surface area contributed by atoms with Crippen molar-refractivity contribution in [3.63, 3.8) is 0 Å². The van der Waals surface area contributed by atoms with Crippen molar-refractivity contribution in [1.82, 2.24) is 14.8 Å². The molecule has 27 heavy (non-hydrogen) atoms. The molecule has 5 rings (SSSR count). The molecule has 0 bridgehead atoms. The van der Waals surface area contributed by atoms with Crippen molar-refractivity contribution in [3.8, 4) is 22.4 Å². The highest BCUT2D eigenvalue weighted by Crippen LogP contribution is 2.39. The molecule has 5 nitrogen and oxygen atoms in total. The van der Waals surface area contributed by atoms with Crippen LogP contribution in [0.1, 0.15) is 49.3 Å². The predicted octanol–water partition coefficient (Wildman–Crippen LogP) is 3.78. The Kier molecular flexibility index (Phi) is 3.88. The van der Waals surface area contributed by atoms with Crippen molar-refractivity contribution < 1.29 is 5.11 Å². The Morgan fingerprint density at radius 1 is 1.07 bits per heavy atom. The van der Waals surface area contributed by atoms with Crippen LogP contribution in [0.2, 0.25) is 0 Å². The molecule has 1 atom stereocenters. The van der Waals surface area contributed by atoms with Crippen LogP contribution in [0.5, 0.6) is 0 Å². The van der Waals surface area contributed by atoms with Gasteiger partial charge >= 0.3 is 0 Å². The summed E-state index contributed by atoms with van der Waals surface area (Å²) in [7, 11) is 0. The highest BCUT2D eigenvalue weighted by molar-refractivity contribution is 5.81. The average molecular weight is 360 g/mol. The number of nitrogens with two attached hydrogens (primary N) is 1. The lowest BCUT2D eigenvalue weighted by molar-refractivity contribution is -0.0416. The van der Waals surface area contributed by atoms with Gasteiger partial charge in [0, 0.05) is 35.8 Å². The first-order valence-electron chi connectivity index (χ1n) is 9.76. The summed E-state index contributed by atoms with van der Waals surface area (Å²) in [4.78, 5) is 4.13. The molecule has 1 unspecified atom stereocenters. The van der Waals surface area contributed by atoms with Gasteiger partial charge in [0.2, 0.25) is 0 Å². The Morgan fingerprint density at radius 3 is 2.63 bits per heavy atom. The second-order valence-electron chi connectivity index (χ2n) is 7.82. The third-order valence-electron chi connectivity index (χ3n) is 6.08. The molecule has 5 heteroatoms. The molecule has 0 radical (unpaired) electrons. The minimum Gasteiger partial charge on any atom is -0.369 e. The van der Waals surface area contributed by atoms with Crippen LogP contribution < -0.4 is 5.73 Å². The van der Waals surface area contributed by atoms with Crippen LogP contribution in [-0.2, 0) is 12.1 Å². The summed E-state index contributed by atoms with van der Waals surface area (Å²) >= 11 is 0. The van der Waals surface area contributed by atoms with Crippen molar-refractivity contribution in [1.29, 1.82) is 0 Å². The first-order chi connectivity index (χ1) is 13.1. The molecule has 1 aromatic carbocycles. The van der Waals surface area contributed by atoms with Crippen LogP contribution in [0.25, 0.3) is 22.4 Å². The van der Waals surface area contributed by atoms with Gasteiger partial charge in [0.25, 0.3) is 0 Å². The highest BCUT2D eigenvalue weighted by atomic mass is 16.3.